The van der Waals surface area contributed by atoms with Gasteiger partial charge in [-0.3, -0.25) is 4.79 Å². The Morgan fingerprint density at radius 3 is 2.60 bits per heavy atom. The van der Waals surface area contributed by atoms with E-state index in [1.165, 1.54) is 19.2 Å². The molecule has 3 rings (SSSR count). The minimum Gasteiger partial charge on any atom is -0.496 e. The van der Waals surface area contributed by atoms with Crippen LogP contribution in [0, 0.1) is 5.82 Å². The molecule has 1 aromatic heterocycles. The van der Waals surface area contributed by atoms with Crippen molar-refractivity contribution in [1.29, 1.82) is 0 Å². The van der Waals surface area contributed by atoms with Gasteiger partial charge in [0, 0.05) is 24.7 Å². The van der Waals surface area contributed by atoms with Gasteiger partial charge in [-0.1, -0.05) is 0 Å². The Morgan fingerprint density at radius 2 is 1.92 bits per heavy atom. The molecule has 25 heavy (non-hydrogen) atoms. The highest BCUT2D eigenvalue weighted by molar-refractivity contribution is 5.94. The van der Waals surface area contributed by atoms with E-state index >= 15 is 0 Å². The lowest BCUT2D eigenvalue weighted by Gasteiger charge is -2.12. The zero-order chi connectivity index (χ0) is 18.0. The summed E-state index contributed by atoms with van der Waals surface area (Å²) in [4.78, 5) is 16.6. The fraction of sp³-hybridized carbons (Fsp3) is 0.222. The fourth-order valence-electron chi connectivity index (χ4n) is 2.75. The number of carbonyl (C=O) groups excluding carboxylic acids is 1. The topological polar surface area (TPSA) is 65.4 Å². The van der Waals surface area contributed by atoms with E-state index in [4.69, 9.17) is 9.47 Å². The number of amides is 1. The number of hydrogen-bond donors (Lipinski definition) is 1. The number of ether oxygens (including phenoxy) is 2. The highest BCUT2D eigenvalue weighted by Gasteiger charge is 2.15. The SMILES string of the molecule is COc1ccc(C(=O)NCc2c(OC)ccc3ncn(C)c23)cc1F. The van der Waals surface area contributed by atoms with Crippen molar-refractivity contribution in [2.45, 2.75) is 6.54 Å². The van der Waals surface area contributed by atoms with Gasteiger partial charge >= 0.3 is 0 Å². The Bertz CT molecular complexity index is 937. The standard InChI is InChI=1S/C18H18FN3O3/c1-22-10-21-14-5-7-15(24-2)12(17(14)22)9-20-18(23)11-4-6-16(25-3)13(19)8-11/h4-8,10H,9H2,1-3H3,(H,20,23). The van der Waals surface area contributed by atoms with Crippen LogP contribution in [-0.4, -0.2) is 29.7 Å². The Morgan fingerprint density at radius 1 is 1.20 bits per heavy atom. The predicted molar refractivity (Wildman–Crippen MR) is 91.4 cm³/mol. The molecule has 130 valence electrons. The van der Waals surface area contributed by atoms with Gasteiger partial charge in [0.25, 0.3) is 5.91 Å². The molecular weight excluding hydrogens is 325 g/mol. The summed E-state index contributed by atoms with van der Waals surface area (Å²) in [5.41, 5.74) is 2.71. The number of methoxy groups -OCH3 is 2. The first-order chi connectivity index (χ1) is 12.0. The Hall–Kier alpha value is -3.09. The van der Waals surface area contributed by atoms with E-state index in [-0.39, 0.29) is 23.8 Å². The quantitative estimate of drug-likeness (QED) is 0.773. The van der Waals surface area contributed by atoms with E-state index in [1.54, 1.807) is 13.4 Å². The number of benzene rings is 2. The van der Waals surface area contributed by atoms with Gasteiger partial charge in [-0.15, -0.1) is 0 Å². The van der Waals surface area contributed by atoms with E-state index in [0.717, 1.165) is 22.7 Å². The highest BCUT2D eigenvalue weighted by Crippen LogP contribution is 2.27. The van der Waals surface area contributed by atoms with Crippen LogP contribution in [0.25, 0.3) is 11.0 Å². The molecule has 3 aromatic rings. The van der Waals surface area contributed by atoms with Crippen LogP contribution in [-0.2, 0) is 13.6 Å². The zero-order valence-corrected chi connectivity index (χ0v) is 14.2. The third-order valence-corrected chi connectivity index (χ3v) is 4.00. The highest BCUT2D eigenvalue weighted by atomic mass is 19.1. The van der Waals surface area contributed by atoms with Crippen molar-refractivity contribution >= 4 is 16.9 Å². The lowest BCUT2D eigenvalue weighted by molar-refractivity contribution is 0.0950. The Kier molecular flexibility index (Phi) is 4.56. The number of nitrogens with one attached hydrogen (secondary N) is 1. The third-order valence-electron chi connectivity index (χ3n) is 4.00. The molecule has 1 heterocycles. The number of nitrogens with zero attached hydrogens (tertiary/aromatic N) is 2. The maximum Gasteiger partial charge on any atom is 0.251 e. The van der Waals surface area contributed by atoms with Gasteiger partial charge in [0.05, 0.1) is 31.6 Å². The van der Waals surface area contributed by atoms with Crippen molar-refractivity contribution in [3.8, 4) is 11.5 Å². The fourth-order valence-corrected chi connectivity index (χ4v) is 2.75. The molecule has 0 aliphatic carbocycles. The molecule has 1 amide bonds. The monoisotopic (exact) mass is 343 g/mol. The van der Waals surface area contributed by atoms with Gasteiger partial charge < -0.3 is 19.4 Å². The van der Waals surface area contributed by atoms with Crippen molar-refractivity contribution in [2.75, 3.05) is 14.2 Å². The van der Waals surface area contributed by atoms with Crippen molar-refractivity contribution in [2.24, 2.45) is 7.05 Å². The summed E-state index contributed by atoms with van der Waals surface area (Å²) in [6.07, 6.45) is 1.70. The molecule has 0 saturated carbocycles. The summed E-state index contributed by atoms with van der Waals surface area (Å²) >= 11 is 0. The molecule has 0 spiro atoms. The first-order valence-corrected chi connectivity index (χ1v) is 7.63. The summed E-state index contributed by atoms with van der Waals surface area (Å²) in [5.74, 6) is -0.223. The van der Waals surface area contributed by atoms with Gasteiger partial charge in [0.2, 0.25) is 0 Å². The van der Waals surface area contributed by atoms with Crippen LogP contribution in [0.3, 0.4) is 0 Å². The van der Waals surface area contributed by atoms with E-state index in [2.05, 4.69) is 10.3 Å². The minimum atomic E-state index is -0.582. The van der Waals surface area contributed by atoms with E-state index in [0.29, 0.717) is 5.75 Å². The number of hydrogen-bond acceptors (Lipinski definition) is 4. The van der Waals surface area contributed by atoms with Crippen LogP contribution in [0.2, 0.25) is 0 Å². The first kappa shape index (κ1) is 16.8. The number of carbonyl (C=O) groups is 1. The summed E-state index contributed by atoms with van der Waals surface area (Å²) in [6, 6.07) is 7.75. The van der Waals surface area contributed by atoms with Gasteiger partial charge in [0.15, 0.2) is 11.6 Å². The maximum atomic E-state index is 13.8. The van der Waals surface area contributed by atoms with Gasteiger partial charge in [0.1, 0.15) is 5.75 Å². The molecule has 0 aliphatic rings. The van der Waals surface area contributed by atoms with Crippen LogP contribution in [0.15, 0.2) is 36.7 Å². The lowest BCUT2D eigenvalue weighted by Crippen LogP contribution is -2.23. The van der Waals surface area contributed by atoms with Crippen molar-refractivity contribution in [3.63, 3.8) is 0 Å². The van der Waals surface area contributed by atoms with Gasteiger partial charge in [-0.05, 0) is 30.3 Å². The molecule has 0 aliphatic heterocycles. The largest absolute Gasteiger partial charge is 0.496 e. The second kappa shape index (κ2) is 6.80. The number of aromatic nitrogens is 2. The second-order valence-corrected chi connectivity index (χ2v) is 5.50. The molecule has 7 heteroatoms. The summed E-state index contributed by atoms with van der Waals surface area (Å²) in [6.45, 7) is 0.229. The number of imidazole rings is 1. The number of halogens is 1. The van der Waals surface area contributed by atoms with Crippen LogP contribution < -0.4 is 14.8 Å². The van der Waals surface area contributed by atoms with E-state index < -0.39 is 5.82 Å². The maximum absolute atomic E-state index is 13.8. The molecular formula is C18H18FN3O3. The lowest BCUT2D eigenvalue weighted by atomic mass is 10.1. The molecule has 0 radical (unpaired) electrons. The first-order valence-electron chi connectivity index (χ1n) is 7.63. The van der Waals surface area contributed by atoms with Crippen molar-refractivity contribution in [3.05, 3.63) is 53.6 Å². The van der Waals surface area contributed by atoms with Gasteiger partial charge in [-0.25, -0.2) is 9.37 Å². The van der Waals surface area contributed by atoms with Crippen LogP contribution >= 0.6 is 0 Å². The smallest absolute Gasteiger partial charge is 0.251 e. The third kappa shape index (κ3) is 3.13. The van der Waals surface area contributed by atoms with Crippen molar-refractivity contribution in [1.82, 2.24) is 14.9 Å². The normalized spacial score (nSPS) is 10.7. The predicted octanol–water partition coefficient (Wildman–Crippen LogP) is 2.66. The number of rotatable bonds is 5. The summed E-state index contributed by atoms with van der Waals surface area (Å²) < 4.78 is 25.9. The van der Waals surface area contributed by atoms with Crippen LogP contribution in [0.1, 0.15) is 15.9 Å². The van der Waals surface area contributed by atoms with E-state index in [9.17, 15) is 9.18 Å². The zero-order valence-electron chi connectivity index (χ0n) is 14.2. The summed E-state index contributed by atoms with van der Waals surface area (Å²) in [7, 11) is 4.82. The molecule has 0 atom stereocenters. The van der Waals surface area contributed by atoms with Crippen LogP contribution in [0.4, 0.5) is 4.39 Å². The Labute approximate surface area is 144 Å². The van der Waals surface area contributed by atoms with E-state index in [1.807, 2.05) is 23.7 Å². The van der Waals surface area contributed by atoms with Crippen molar-refractivity contribution < 1.29 is 18.7 Å². The average Bonchev–Trinajstić information content (AvgIpc) is 3.00. The molecule has 0 fully saturated rings. The van der Waals surface area contributed by atoms with Crippen LogP contribution in [0.5, 0.6) is 11.5 Å². The molecule has 6 nitrogen and oxygen atoms in total. The summed E-state index contributed by atoms with van der Waals surface area (Å²) in [5, 5.41) is 2.80. The minimum absolute atomic E-state index is 0.0953. The number of aryl methyl sites for hydroxylation is 1. The van der Waals surface area contributed by atoms with Gasteiger partial charge in [-0.2, -0.15) is 0 Å². The molecule has 0 unspecified atom stereocenters. The second-order valence-electron chi connectivity index (χ2n) is 5.50. The average molecular weight is 343 g/mol. The molecule has 2 aromatic carbocycles. The molecule has 0 bridgehead atoms. The number of fused-ring (bicyclic) bond motifs is 1. The molecule has 0 saturated heterocycles. The Balaban J connectivity index is 1.86. The molecule has 1 N–H and O–H groups in total.